The third kappa shape index (κ3) is 3.94. The predicted octanol–water partition coefficient (Wildman–Crippen LogP) is 3.00. The van der Waals surface area contributed by atoms with E-state index in [0.29, 0.717) is 40.3 Å². The fourth-order valence-electron chi connectivity index (χ4n) is 4.12. The molecule has 0 bridgehead atoms. The van der Waals surface area contributed by atoms with Crippen molar-refractivity contribution in [2.75, 3.05) is 44.7 Å². The third-order valence-corrected chi connectivity index (χ3v) is 6.53. The first-order chi connectivity index (χ1) is 16.6. The van der Waals surface area contributed by atoms with Crippen molar-refractivity contribution in [1.82, 2.24) is 24.5 Å². The highest BCUT2D eigenvalue weighted by Gasteiger charge is 2.27. The Balaban J connectivity index is 1.47. The Labute approximate surface area is 200 Å². The molecular formula is C22H25N7O4S. The number of methoxy groups -OCH3 is 3. The number of hydrogen-bond donors (Lipinski definition) is 2. The van der Waals surface area contributed by atoms with Crippen LogP contribution in [0.15, 0.2) is 30.2 Å². The Morgan fingerprint density at radius 2 is 1.91 bits per heavy atom. The van der Waals surface area contributed by atoms with Gasteiger partial charge in [-0.15, -0.1) is 11.3 Å². The van der Waals surface area contributed by atoms with Gasteiger partial charge in [-0.25, -0.2) is 9.97 Å². The maximum absolute atomic E-state index is 9.73. The molecule has 0 aliphatic carbocycles. The first-order valence-corrected chi connectivity index (χ1v) is 11.6. The van der Waals surface area contributed by atoms with E-state index in [4.69, 9.17) is 19.2 Å². The molecule has 3 aromatic heterocycles. The molecule has 4 heterocycles. The second-order valence-corrected chi connectivity index (χ2v) is 8.56. The molecule has 12 heteroatoms. The summed E-state index contributed by atoms with van der Waals surface area (Å²) in [5.74, 6) is 3.37. The lowest BCUT2D eigenvalue weighted by Crippen LogP contribution is -2.33. The first-order valence-electron chi connectivity index (χ1n) is 10.7. The van der Waals surface area contributed by atoms with Crippen molar-refractivity contribution in [2.24, 2.45) is 0 Å². The van der Waals surface area contributed by atoms with E-state index in [-0.39, 0.29) is 12.6 Å². The van der Waals surface area contributed by atoms with Crippen molar-refractivity contribution in [3.8, 4) is 22.9 Å². The molecule has 2 N–H and O–H groups in total. The van der Waals surface area contributed by atoms with E-state index in [1.165, 1.54) is 11.3 Å². The number of aliphatic hydroxyl groups excluding tert-OH is 1. The van der Waals surface area contributed by atoms with Crippen molar-refractivity contribution < 1.29 is 19.3 Å². The van der Waals surface area contributed by atoms with Gasteiger partial charge in [-0.05, 0) is 12.8 Å². The zero-order valence-corrected chi connectivity index (χ0v) is 19.9. The normalized spacial score (nSPS) is 15.6. The summed E-state index contributed by atoms with van der Waals surface area (Å²) >= 11 is 1.45. The molecule has 1 atom stereocenters. The fourth-order valence-corrected chi connectivity index (χ4v) is 4.77. The minimum Gasteiger partial charge on any atom is -0.493 e. The Bertz CT molecular complexity index is 1280. The molecule has 4 aromatic rings. The van der Waals surface area contributed by atoms with Gasteiger partial charge in [0.25, 0.3) is 0 Å². The van der Waals surface area contributed by atoms with Crippen LogP contribution < -0.4 is 24.4 Å². The Hall–Kier alpha value is -3.64. The van der Waals surface area contributed by atoms with Crippen LogP contribution in [-0.4, -0.2) is 70.1 Å². The number of benzene rings is 1. The van der Waals surface area contributed by atoms with Gasteiger partial charge in [0.1, 0.15) is 17.7 Å². The SMILES string of the molecule is COc1cc(-n2cnc(Nc3nc(N4CCC[C@@H]4CO)nc4scnc34)c2)cc(OC)c1OC. The lowest BCUT2D eigenvalue weighted by atomic mass is 10.2. The number of thiazole rings is 1. The van der Waals surface area contributed by atoms with Crippen LogP contribution >= 0.6 is 11.3 Å². The summed E-state index contributed by atoms with van der Waals surface area (Å²) in [6, 6.07) is 3.71. The molecule has 0 unspecified atom stereocenters. The number of nitrogens with zero attached hydrogens (tertiary/aromatic N) is 6. The predicted molar refractivity (Wildman–Crippen MR) is 129 cm³/mol. The van der Waals surface area contributed by atoms with E-state index in [1.807, 2.05) is 22.9 Å². The van der Waals surface area contributed by atoms with E-state index in [2.05, 4.69) is 25.2 Å². The average molecular weight is 484 g/mol. The van der Waals surface area contributed by atoms with E-state index >= 15 is 0 Å². The van der Waals surface area contributed by atoms with Crippen LogP contribution in [0, 0.1) is 0 Å². The Morgan fingerprint density at radius 3 is 2.62 bits per heavy atom. The van der Waals surface area contributed by atoms with Crippen LogP contribution in [0.5, 0.6) is 17.2 Å². The van der Waals surface area contributed by atoms with E-state index in [1.54, 1.807) is 33.2 Å². The number of nitrogens with one attached hydrogen (secondary N) is 1. The third-order valence-electron chi connectivity index (χ3n) is 5.81. The highest BCUT2D eigenvalue weighted by molar-refractivity contribution is 7.16. The van der Waals surface area contributed by atoms with E-state index in [9.17, 15) is 5.11 Å². The molecule has 5 rings (SSSR count). The summed E-state index contributed by atoms with van der Waals surface area (Å²) in [4.78, 5) is 21.2. The summed E-state index contributed by atoms with van der Waals surface area (Å²) < 4.78 is 18.2. The number of fused-ring (bicyclic) bond motifs is 1. The average Bonchev–Trinajstić information content (AvgIpc) is 3.63. The van der Waals surface area contributed by atoms with Gasteiger partial charge >= 0.3 is 0 Å². The van der Waals surface area contributed by atoms with Gasteiger partial charge in [-0.2, -0.15) is 9.97 Å². The van der Waals surface area contributed by atoms with Crippen molar-refractivity contribution in [3.05, 3.63) is 30.2 Å². The van der Waals surface area contributed by atoms with Gasteiger partial charge in [-0.1, -0.05) is 0 Å². The second kappa shape index (κ2) is 9.31. The lowest BCUT2D eigenvalue weighted by molar-refractivity contribution is 0.265. The summed E-state index contributed by atoms with van der Waals surface area (Å²) in [5, 5.41) is 13.0. The zero-order chi connectivity index (χ0) is 23.7. The molecule has 1 aliphatic heterocycles. The van der Waals surface area contributed by atoms with E-state index < -0.39 is 0 Å². The topological polar surface area (TPSA) is 120 Å². The van der Waals surface area contributed by atoms with Crippen LogP contribution in [-0.2, 0) is 0 Å². The number of imidazole rings is 1. The largest absolute Gasteiger partial charge is 0.493 e. The maximum atomic E-state index is 9.73. The molecule has 0 saturated carbocycles. The Morgan fingerprint density at radius 1 is 1.12 bits per heavy atom. The number of ether oxygens (including phenoxy) is 3. The highest BCUT2D eigenvalue weighted by atomic mass is 32.1. The van der Waals surface area contributed by atoms with Crippen LogP contribution in [0.25, 0.3) is 16.0 Å². The summed E-state index contributed by atoms with van der Waals surface area (Å²) in [5.41, 5.74) is 3.21. The second-order valence-electron chi connectivity index (χ2n) is 7.73. The van der Waals surface area contributed by atoms with Gasteiger partial charge in [-0.3, -0.25) is 0 Å². The molecule has 1 aliphatic rings. The van der Waals surface area contributed by atoms with Gasteiger partial charge in [0.05, 0.1) is 51.4 Å². The maximum Gasteiger partial charge on any atom is 0.229 e. The number of aliphatic hydroxyl groups is 1. The van der Waals surface area contributed by atoms with Gasteiger partial charge in [0, 0.05) is 18.7 Å². The molecule has 178 valence electrons. The monoisotopic (exact) mass is 483 g/mol. The van der Waals surface area contributed by atoms with Gasteiger partial charge < -0.3 is 34.1 Å². The smallest absolute Gasteiger partial charge is 0.229 e. The van der Waals surface area contributed by atoms with Crippen molar-refractivity contribution in [2.45, 2.75) is 18.9 Å². The van der Waals surface area contributed by atoms with E-state index in [0.717, 1.165) is 29.9 Å². The number of hydrogen-bond acceptors (Lipinski definition) is 11. The quantitative estimate of drug-likeness (QED) is 0.387. The minimum atomic E-state index is 0.0254. The van der Waals surface area contributed by atoms with Gasteiger partial charge in [0.2, 0.25) is 11.7 Å². The van der Waals surface area contributed by atoms with Crippen molar-refractivity contribution >= 4 is 39.3 Å². The molecule has 1 aromatic carbocycles. The highest BCUT2D eigenvalue weighted by Crippen LogP contribution is 2.39. The molecule has 11 nitrogen and oxygen atoms in total. The Kier molecular flexibility index (Phi) is 6.07. The summed E-state index contributed by atoms with van der Waals surface area (Å²) in [6.07, 6.45) is 5.44. The van der Waals surface area contributed by atoms with Crippen LogP contribution in [0.1, 0.15) is 12.8 Å². The molecular weight excluding hydrogens is 458 g/mol. The molecule has 0 radical (unpaired) electrons. The van der Waals surface area contributed by atoms with Crippen LogP contribution in [0.2, 0.25) is 0 Å². The molecule has 1 saturated heterocycles. The van der Waals surface area contributed by atoms with Crippen LogP contribution in [0.3, 0.4) is 0 Å². The number of rotatable bonds is 8. The molecule has 0 spiro atoms. The number of aromatic nitrogens is 5. The summed E-state index contributed by atoms with van der Waals surface area (Å²) in [7, 11) is 4.73. The van der Waals surface area contributed by atoms with Crippen molar-refractivity contribution in [3.63, 3.8) is 0 Å². The summed E-state index contributed by atoms with van der Waals surface area (Å²) in [6.45, 7) is 0.886. The van der Waals surface area contributed by atoms with Gasteiger partial charge in [0.15, 0.2) is 22.1 Å². The lowest BCUT2D eigenvalue weighted by Gasteiger charge is -2.23. The van der Waals surface area contributed by atoms with Crippen molar-refractivity contribution in [1.29, 1.82) is 0 Å². The number of anilines is 3. The molecule has 34 heavy (non-hydrogen) atoms. The molecule has 1 fully saturated rings. The first kappa shape index (κ1) is 22.2. The minimum absolute atomic E-state index is 0.0254. The van der Waals surface area contributed by atoms with Crippen LogP contribution in [0.4, 0.5) is 17.6 Å². The molecule has 0 amide bonds. The standard InChI is InChI=1S/C22H25N7O4S/c1-31-15-7-14(8-16(32-2)19(15)33-3)28-9-17(23-11-28)25-20-18-21(34-12-24-18)27-22(26-20)29-6-4-5-13(29)10-30/h7-9,11-13,30H,4-6,10H2,1-3H3,(H,25,26,27)/t13-/m1/s1. The zero-order valence-electron chi connectivity index (χ0n) is 19.1. The fraction of sp³-hybridized carbons (Fsp3) is 0.364.